The predicted octanol–water partition coefficient (Wildman–Crippen LogP) is 1.06. The highest BCUT2D eigenvalue weighted by molar-refractivity contribution is 7.21. The van der Waals surface area contributed by atoms with Crippen LogP contribution < -0.4 is 0 Å². The Bertz CT molecular complexity index is 196. The monoisotopic (exact) mass is 247 g/mol. The zero-order valence-corrected chi connectivity index (χ0v) is 10.6. The van der Waals surface area contributed by atoms with Crippen molar-refractivity contribution in [1.29, 1.82) is 0 Å². The zero-order chi connectivity index (χ0) is 12.4. The molecule has 0 amide bonds. The van der Waals surface area contributed by atoms with Gasteiger partial charge in [0.15, 0.2) is 8.60 Å². The van der Waals surface area contributed by atoms with Crippen LogP contribution in [0.15, 0.2) is 4.66 Å². The molecule has 0 bridgehead atoms. The van der Waals surface area contributed by atoms with Crippen molar-refractivity contribution in [1.82, 2.24) is 0 Å². The highest BCUT2D eigenvalue weighted by Gasteiger charge is 2.29. The van der Waals surface area contributed by atoms with Gasteiger partial charge in [-0.15, -0.1) is 0 Å². The number of rotatable bonds is 5. The van der Waals surface area contributed by atoms with Crippen LogP contribution >= 0.6 is 8.60 Å². The fourth-order valence-electron chi connectivity index (χ4n) is 1.57. The molecule has 0 aromatic rings. The minimum atomic E-state index is -0.569. The summed E-state index contributed by atoms with van der Waals surface area (Å²) in [5.74, 6) is 0. The largest absolute Gasteiger partial charge is 0.400 e. The summed E-state index contributed by atoms with van der Waals surface area (Å²) in [4.78, 5) is 0. The van der Waals surface area contributed by atoms with Gasteiger partial charge in [0.1, 0.15) is 6.10 Å². The summed E-state index contributed by atoms with van der Waals surface area (Å²) in [6, 6.07) is 0. The average Bonchev–Trinajstić information content (AvgIpc) is 2.80. The van der Waals surface area contributed by atoms with Gasteiger partial charge in [0.25, 0.3) is 7.98 Å². The third kappa shape index (κ3) is 5.92. The molecule has 1 aliphatic heterocycles. The van der Waals surface area contributed by atoms with E-state index in [-0.39, 0.29) is 12.7 Å². The van der Waals surface area contributed by atoms with Gasteiger partial charge in [0.2, 0.25) is 0 Å². The maximum atomic E-state index is 9.65. The Labute approximate surface area is 99.6 Å². The molecule has 16 heavy (non-hydrogen) atoms. The van der Waals surface area contributed by atoms with E-state index in [2.05, 4.69) is 11.6 Å². The lowest BCUT2D eigenvalue weighted by Crippen LogP contribution is -2.29. The number of ether oxygens (including phenoxy) is 1. The highest BCUT2D eigenvalue weighted by atomic mass is 31.1. The van der Waals surface area contributed by atoms with Crippen molar-refractivity contribution in [2.24, 2.45) is 4.66 Å². The van der Waals surface area contributed by atoms with E-state index in [0.29, 0.717) is 14.7 Å². The lowest BCUT2D eigenvalue weighted by atomic mass is 10.1. The fraction of sp³-hybridized carbons (Fsp3) is 1.00. The van der Waals surface area contributed by atoms with Crippen molar-refractivity contribution in [3.05, 3.63) is 0 Å². The molecule has 5 nitrogen and oxygen atoms in total. The van der Waals surface area contributed by atoms with Gasteiger partial charge in [0, 0.05) is 7.11 Å². The molecule has 1 saturated heterocycles. The van der Waals surface area contributed by atoms with Crippen LogP contribution in [-0.2, 0) is 9.26 Å². The Kier molecular flexibility index (Phi) is 10.2. The summed E-state index contributed by atoms with van der Waals surface area (Å²) < 4.78 is 13.8. The molecule has 0 aromatic carbocycles. The summed E-state index contributed by atoms with van der Waals surface area (Å²) in [6.45, 7) is 2.31. The van der Waals surface area contributed by atoms with Crippen LogP contribution in [0.5, 0.6) is 0 Å². The van der Waals surface area contributed by atoms with Crippen LogP contribution in [0.1, 0.15) is 26.2 Å². The van der Waals surface area contributed by atoms with Gasteiger partial charge >= 0.3 is 0 Å². The number of nitrogens with zero attached hydrogens (tertiary/aromatic N) is 1. The topological polar surface area (TPSA) is 71.3 Å². The molecule has 1 aliphatic rings. The second-order valence-corrected chi connectivity index (χ2v) is 3.99. The fourth-order valence-corrected chi connectivity index (χ4v) is 1.85. The van der Waals surface area contributed by atoms with Gasteiger partial charge in [-0.3, -0.25) is 0 Å². The SMILES string of the molecule is CO.[B]N=POCC(O)C1CCC(CC)O1. The Morgan fingerprint density at radius 3 is 2.75 bits per heavy atom. The normalized spacial score (nSPS) is 26.5. The first-order chi connectivity index (χ1) is 7.77. The van der Waals surface area contributed by atoms with Crippen LogP contribution in [0.4, 0.5) is 0 Å². The molecule has 0 aromatic heterocycles. The number of aliphatic hydroxyl groups excluding tert-OH is 2. The van der Waals surface area contributed by atoms with Crippen molar-refractivity contribution in [2.45, 2.75) is 44.5 Å². The van der Waals surface area contributed by atoms with Crippen LogP contribution in [0.25, 0.3) is 0 Å². The van der Waals surface area contributed by atoms with Crippen molar-refractivity contribution >= 4 is 16.6 Å². The first kappa shape index (κ1) is 16.0. The van der Waals surface area contributed by atoms with Gasteiger partial charge in [-0.1, -0.05) is 6.92 Å². The van der Waals surface area contributed by atoms with Crippen LogP contribution in [0.2, 0.25) is 0 Å². The second-order valence-electron chi connectivity index (χ2n) is 3.34. The standard InChI is InChI=1S/C8H15BNO3P.CH4O/c1-2-6-3-4-8(13-6)7(11)5-12-14-10-9;1-2/h6-8,11H,2-5H2,1H3;2H,1H3. The van der Waals surface area contributed by atoms with Gasteiger partial charge in [-0.25, -0.2) is 0 Å². The molecule has 1 fully saturated rings. The van der Waals surface area contributed by atoms with Crippen LogP contribution in [-0.4, -0.2) is 50.2 Å². The smallest absolute Gasteiger partial charge is 0.269 e. The molecule has 0 saturated carbocycles. The first-order valence-electron chi connectivity index (χ1n) is 5.28. The molecule has 1 rings (SSSR count). The predicted molar refractivity (Wildman–Crippen MR) is 63.4 cm³/mol. The molecule has 92 valence electrons. The van der Waals surface area contributed by atoms with Gasteiger partial charge in [-0.05, 0) is 19.3 Å². The van der Waals surface area contributed by atoms with E-state index in [0.717, 1.165) is 26.4 Å². The van der Waals surface area contributed by atoms with E-state index in [9.17, 15) is 5.11 Å². The van der Waals surface area contributed by atoms with Crippen molar-refractivity contribution in [3.63, 3.8) is 0 Å². The van der Waals surface area contributed by atoms with Crippen LogP contribution in [0, 0.1) is 0 Å². The first-order valence-corrected chi connectivity index (χ1v) is 6.04. The zero-order valence-electron chi connectivity index (χ0n) is 9.74. The van der Waals surface area contributed by atoms with Crippen molar-refractivity contribution in [2.75, 3.05) is 13.7 Å². The Morgan fingerprint density at radius 2 is 2.25 bits per heavy atom. The van der Waals surface area contributed by atoms with Crippen molar-refractivity contribution in [3.8, 4) is 0 Å². The molecule has 0 aliphatic carbocycles. The van der Waals surface area contributed by atoms with E-state index in [4.69, 9.17) is 22.3 Å². The summed E-state index contributed by atoms with van der Waals surface area (Å²) in [7, 11) is 6.23. The third-order valence-corrected chi connectivity index (χ3v) is 2.73. The molecule has 2 radical (unpaired) electrons. The average molecular weight is 247 g/mol. The Morgan fingerprint density at radius 1 is 1.56 bits per heavy atom. The molecule has 3 unspecified atom stereocenters. The van der Waals surface area contributed by atoms with Crippen molar-refractivity contribution < 1.29 is 19.5 Å². The van der Waals surface area contributed by atoms with E-state index >= 15 is 0 Å². The molecule has 3 atom stereocenters. The molecule has 1 heterocycles. The number of hydrogen-bond donors (Lipinski definition) is 2. The minimum absolute atomic E-state index is 0.0899. The second kappa shape index (κ2) is 10.2. The Balaban J connectivity index is 0.00000106. The van der Waals surface area contributed by atoms with Crippen LogP contribution in [0.3, 0.4) is 0 Å². The van der Waals surface area contributed by atoms with Gasteiger partial charge < -0.3 is 24.1 Å². The Hall–Kier alpha value is 0.00494. The number of hydrogen-bond acceptors (Lipinski definition) is 5. The molecular formula is C9H19BNO4P. The summed E-state index contributed by atoms with van der Waals surface area (Å²) in [5, 5.41) is 16.7. The quantitative estimate of drug-likeness (QED) is 0.562. The maximum absolute atomic E-state index is 9.65. The van der Waals surface area contributed by atoms with Gasteiger partial charge in [0.05, 0.1) is 18.8 Å². The van der Waals surface area contributed by atoms with E-state index < -0.39 is 6.10 Å². The maximum Gasteiger partial charge on any atom is 0.269 e. The minimum Gasteiger partial charge on any atom is -0.400 e. The van der Waals surface area contributed by atoms with E-state index in [1.54, 1.807) is 0 Å². The molecule has 7 heteroatoms. The highest BCUT2D eigenvalue weighted by Crippen LogP contribution is 2.24. The lowest BCUT2D eigenvalue weighted by molar-refractivity contribution is -0.0481. The molecule has 0 spiro atoms. The summed E-state index contributed by atoms with van der Waals surface area (Å²) in [6.07, 6.45) is 2.57. The molecule has 2 N–H and O–H groups in total. The van der Waals surface area contributed by atoms with E-state index in [1.165, 1.54) is 0 Å². The van der Waals surface area contributed by atoms with E-state index in [1.807, 2.05) is 0 Å². The lowest BCUT2D eigenvalue weighted by Gasteiger charge is -2.17. The summed E-state index contributed by atoms with van der Waals surface area (Å²) in [5.41, 5.74) is 0. The summed E-state index contributed by atoms with van der Waals surface area (Å²) >= 11 is 0. The molecular weight excluding hydrogens is 228 g/mol. The number of aliphatic hydroxyl groups is 2. The third-order valence-electron chi connectivity index (χ3n) is 2.38. The van der Waals surface area contributed by atoms with Gasteiger partial charge in [-0.2, -0.15) is 0 Å².